The summed E-state index contributed by atoms with van der Waals surface area (Å²) in [6.45, 7) is 5.01. The monoisotopic (exact) mass is 468 g/mol. The van der Waals surface area contributed by atoms with Crippen LogP contribution < -0.4 is 0 Å². The van der Waals surface area contributed by atoms with E-state index < -0.39 is 30.0 Å². The van der Waals surface area contributed by atoms with E-state index in [-0.39, 0.29) is 11.4 Å². The minimum atomic E-state index is -4.89. The summed E-state index contributed by atoms with van der Waals surface area (Å²) in [6.07, 6.45) is -4.60. The maximum absolute atomic E-state index is 14.3. The van der Waals surface area contributed by atoms with Gasteiger partial charge in [0.25, 0.3) is 0 Å². The summed E-state index contributed by atoms with van der Waals surface area (Å²) in [5.41, 5.74) is -0.591. The fourth-order valence-corrected chi connectivity index (χ4v) is 4.59. The SMILES string of the molecule is Cc1cc2cc(CC(O)(CC(C)(C)c3cc(-c4ccccc4)ccc3O)C(F)(F)F)[nH]c2cn1. The molecule has 4 aromatic rings. The molecule has 1 atom stereocenters. The number of fused-ring (bicyclic) bond motifs is 1. The van der Waals surface area contributed by atoms with E-state index in [0.29, 0.717) is 11.1 Å². The first-order chi connectivity index (χ1) is 15.9. The van der Waals surface area contributed by atoms with Gasteiger partial charge in [0.15, 0.2) is 5.60 Å². The van der Waals surface area contributed by atoms with Crippen LogP contribution in [0.15, 0.2) is 66.9 Å². The summed E-state index contributed by atoms with van der Waals surface area (Å²) < 4.78 is 42.8. The number of phenolic OH excluding ortho intramolecular Hbond substituents is 1. The Hall–Kier alpha value is -3.32. The second-order valence-electron chi connectivity index (χ2n) is 9.57. The summed E-state index contributed by atoms with van der Waals surface area (Å²) in [6, 6.07) is 17.7. The maximum atomic E-state index is 14.3. The number of alkyl halides is 3. The Morgan fingerprint density at radius 1 is 0.941 bits per heavy atom. The third-order valence-electron chi connectivity index (χ3n) is 6.28. The van der Waals surface area contributed by atoms with Crippen LogP contribution in [0.4, 0.5) is 13.2 Å². The van der Waals surface area contributed by atoms with Crippen molar-refractivity contribution in [3.8, 4) is 16.9 Å². The van der Waals surface area contributed by atoms with E-state index in [9.17, 15) is 23.4 Å². The van der Waals surface area contributed by atoms with E-state index >= 15 is 0 Å². The lowest BCUT2D eigenvalue weighted by molar-refractivity contribution is -0.266. The largest absolute Gasteiger partial charge is 0.508 e. The van der Waals surface area contributed by atoms with Crippen molar-refractivity contribution >= 4 is 10.9 Å². The topological polar surface area (TPSA) is 69.1 Å². The Morgan fingerprint density at radius 3 is 2.32 bits per heavy atom. The first-order valence-electron chi connectivity index (χ1n) is 11.0. The molecule has 7 heteroatoms. The van der Waals surface area contributed by atoms with Crippen molar-refractivity contribution in [1.82, 2.24) is 9.97 Å². The lowest BCUT2D eigenvalue weighted by atomic mass is 9.72. The molecule has 0 saturated heterocycles. The zero-order valence-electron chi connectivity index (χ0n) is 19.2. The molecule has 0 aliphatic heterocycles. The van der Waals surface area contributed by atoms with E-state index in [4.69, 9.17) is 0 Å². The molecule has 178 valence electrons. The first-order valence-corrected chi connectivity index (χ1v) is 11.0. The molecule has 4 rings (SSSR count). The van der Waals surface area contributed by atoms with Gasteiger partial charge in [-0.15, -0.1) is 0 Å². The number of pyridine rings is 1. The van der Waals surface area contributed by atoms with Gasteiger partial charge in [-0.25, -0.2) is 0 Å². The number of aliphatic hydroxyl groups is 1. The van der Waals surface area contributed by atoms with Crippen LogP contribution in [0.25, 0.3) is 22.0 Å². The number of nitrogens with one attached hydrogen (secondary N) is 1. The lowest BCUT2D eigenvalue weighted by Crippen LogP contribution is -2.50. The van der Waals surface area contributed by atoms with E-state index in [0.717, 1.165) is 22.2 Å². The van der Waals surface area contributed by atoms with E-state index in [1.54, 1.807) is 51.2 Å². The highest BCUT2D eigenvalue weighted by Gasteiger charge is 2.56. The predicted octanol–water partition coefficient (Wildman–Crippen LogP) is 6.45. The van der Waals surface area contributed by atoms with Crippen molar-refractivity contribution in [3.05, 3.63) is 83.8 Å². The average Bonchev–Trinajstić information content (AvgIpc) is 3.14. The number of hydrogen-bond acceptors (Lipinski definition) is 3. The zero-order chi connectivity index (χ0) is 24.7. The molecule has 0 amide bonds. The number of aryl methyl sites for hydroxylation is 1. The van der Waals surface area contributed by atoms with Crippen molar-refractivity contribution in [1.29, 1.82) is 0 Å². The zero-order valence-corrected chi connectivity index (χ0v) is 19.2. The van der Waals surface area contributed by atoms with Crippen LogP contribution in [0.5, 0.6) is 5.75 Å². The summed E-state index contributed by atoms with van der Waals surface area (Å²) >= 11 is 0. The molecule has 2 heterocycles. The molecular weight excluding hydrogens is 441 g/mol. The number of aromatic nitrogens is 2. The summed E-state index contributed by atoms with van der Waals surface area (Å²) in [5, 5.41) is 22.3. The summed E-state index contributed by atoms with van der Waals surface area (Å²) in [4.78, 5) is 7.11. The molecule has 3 N–H and O–H groups in total. The summed E-state index contributed by atoms with van der Waals surface area (Å²) in [7, 11) is 0. The van der Waals surface area contributed by atoms with Crippen LogP contribution in [0.2, 0.25) is 0 Å². The van der Waals surface area contributed by atoms with Crippen molar-refractivity contribution in [2.45, 2.75) is 50.8 Å². The molecule has 0 fully saturated rings. The molecule has 0 aliphatic carbocycles. The van der Waals surface area contributed by atoms with Crippen molar-refractivity contribution in [2.24, 2.45) is 0 Å². The maximum Gasteiger partial charge on any atom is 0.417 e. The molecule has 0 radical (unpaired) electrons. The Morgan fingerprint density at radius 2 is 1.65 bits per heavy atom. The van der Waals surface area contributed by atoms with Crippen molar-refractivity contribution < 1.29 is 23.4 Å². The fourth-order valence-electron chi connectivity index (χ4n) is 4.59. The van der Waals surface area contributed by atoms with Crippen LogP contribution in [-0.2, 0) is 11.8 Å². The number of nitrogens with zero attached hydrogens (tertiary/aromatic N) is 1. The van der Waals surface area contributed by atoms with E-state index in [2.05, 4.69) is 9.97 Å². The van der Waals surface area contributed by atoms with Crippen molar-refractivity contribution in [3.63, 3.8) is 0 Å². The average molecular weight is 469 g/mol. The number of aromatic amines is 1. The molecule has 0 bridgehead atoms. The van der Waals surface area contributed by atoms with Gasteiger partial charge in [0, 0.05) is 28.8 Å². The Bertz CT molecular complexity index is 1310. The first kappa shape index (κ1) is 23.8. The number of H-pyrrole nitrogens is 1. The quantitative estimate of drug-likeness (QED) is 0.305. The number of rotatable bonds is 6. The fraction of sp³-hybridized carbons (Fsp3) is 0.296. The highest BCUT2D eigenvalue weighted by molar-refractivity contribution is 5.79. The third kappa shape index (κ3) is 4.66. The number of phenols is 1. The van der Waals surface area contributed by atoms with Gasteiger partial charge in [0.2, 0.25) is 0 Å². The van der Waals surface area contributed by atoms with Crippen LogP contribution in [-0.4, -0.2) is 32.0 Å². The van der Waals surface area contributed by atoms with Crippen LogP contribution in [0.3, 0.4) is 0 Å². The second kappa shape index (κ2) is 8.47. The molecule has 4 nitrogen and oxygen atoms in total. The molecule has 0 saturated carbocycles. The standard InChI is InChI=1S/C27H27F3N2O2/c1-17-11-20-12-21(32-23(20)15-31-17)14-26(34,27(28,29)30)16-25(2,3)22-13-19(9-10-24(22)33)18-7-5-4-6-8-18/h4-13,15,32-34H,14,16H2,1-3H3. The number of halogens is 3. The van der Waals surface area contributed by atoms with Gasteiger partial charge in [-0.2, -0.15) is 13.2 Å². The van der Waals surface area contributed by atoms with Gasteiger partial charge in [-0.05, 0) is 54.2 Å². The van der Waals surface area contributed by atoms with Gasteiger partial charge < -0.3 is 15.2 Å². The summed E-state index contributed by atoms with van der Waals surface area (Å²) in [5.74, 6) is -0.110. The van der Waals surface area contributed by atoms with Gasteiger partial charge >= 0.3 is 6.18 Å². The Kier molecular flexibility index (Phi) is 5.94. The molecule has 0 spiro atoms. The molecule has 2 aromatic carbocycles. The van der Waals surface area contributed by atoms with Crippen LogP contribution in [0.1, 0.15) is 37.2 Å². The molecule has 2 aromatic heterocycles. The Balaban J connectivity index is 1.70. The molecule has 34 heavy (non-hydrogen) atoms. The molecular formula is C27H27F3N2O2. The normalized spacial score (nSPS) is 14.3. The van der Waals surface area contributed by atoms with Gasteiger partial charge in [-0.1, -0.05) is 50.2 Å². The smallest absolute Gasteiger partial charge is 0.417 e. The minimum Gasteiger partial charge on any atom is -0.508 e. The third-order valence-corrected chi connectivity index (χ3v) is 6.28. The highest BCUT2D eigenvalue weighted by atomic mass is 19.4. The second-order valence-corrected chi connectivity index (χ2v) is 9.57. The highest BCUT2D eigenvalue weighted by Crippen LogP contribution is 2.45. The molecule has 1 unspecified atom stereocenters. The van der Waals surface area contributed by atoms with Gasteiger partial charge in [0.05, 0.1) is 11.7 Å². The number of benzene rings is 2. The minimum absolute atomic E-state index is 0.110. The van der Waals surface area contributed by atoms with Gasteiger partial charge in [-0.3, -0.25) is 4.98 Å². The van der Waals surface area contributed by atoms with Crippen molar-refractivity contribution in [2.75, 3.05) is 0 Å². The molecule has 0 aliphatic rings. The Labute approximate surface area is 196 Å². The van der Waals surface area contributed by atoms with E-state index in [1.807, 2.05) is 30.3 Å². The van der Waals surface area contributed by atoms with E-state index in [1.165, 1.54) is 6.07 Å². The van der Waals surface area contributed by atoms with Crippen LogP contribution >= 0.6 is 0 Å². The number of hydrogen-bond donors (Lipinski definition) is 3. The lowest BCUT2D eigenvalue weighted by Gasteiger charge is -2.38. The van der Waals surface area contributed by atoms with Crippen LogP contribution in [0, 0.1) is 6.92 Å². The number of aromatic hydroxyl groups is 1. The predicted molar refractivity (Wildman–Crippen MR) is 127 cm³/mol. The van der Waals surface area contributed by atoms with Gasteiger partial charge in [0.1, 0.15) is 5.75 Å².